The van der Waals surface area contributed by atoms with Crippen LogP contribution in [-0.2, 0) is 11.3 Å². The minimum Gasteiger partial charge on any atom is -0.497 e. The van der Waals surface area contributed by atoms with Gasteiger partial charge in [0.2, 0.25) is 5.91 Å². The predicted molar refractivity (Wildman–Crippen MR) is 100 cm³/mol. The molecule has 0 saturated heterocycles. The first-order valence-electron chi connectivity index (χ1n) is 8.14. The Balaban J connectivity index is 1.80. The van der Waals surface area contributed by atoms with Crippen LogP contribution in [0.5, 0.6) is 5.75 Å². The highest BCUT2D eigenvalue weighted by Crippen LogP contribution is 2.21. The minimum atomic E-state index is -0.337. The second-order valence-electron chi connectivity index (χ2n) is 5.86. The van der Waals surface area contributed by atoms with E-state index in [1.54, 1.807) is 13.2 Å². The van der Waals surface area contributed by atoms with Gasteiger partial charge in [-0.2, -0.15) is 5.10 Å². The summed E-state index contributed by atoms with van der Waals surface area (Å²) in [4.78, 5) is 24.3. The summed E-state index contributed by atoms with van der Waals surface area (Å²) in [6, 6.07) is 17.8. The molecule has 0 spiro atoms. The minimum absolute atomic E-state index is 0.162. The van der Waals surface area contributed by atoms with Crippen molar-refractivity contribution < 1.29 is 9.53 Å². The first-order valence-corrected chi connectivity index (χ1v) is 8.14. The summed E-state index contributed by atoms with van der Waals surface area (Å²) in [5.41, 5.74) is 2.84. The topological polar surface area (TPSA) is 73.2 Å². The van der Waals surface area contributed by atoms with E-state index in [1.807, 2.05) is 55.5 Å². The van der Waals surface area contributed by atoms with Crippen LogP contribution in [0.4, 0.5) is 5.69 Å². The average Bonchev–Trinajstić information content (AvgIpc) is 2.65. The molecule has 2 aromatic carbocycles. The Morgan fingerprint density at radius 3 is 2.62 bits per heavy atom. The first-order chi connectivity index (χ1) is 12.5. The summed E-state index contributed by atoms with van der Waals surface area (Å²) < 4.78 is 6.36. The molecule has 3 rings (SSSR count). The molecule has 6 nitrogen and oxygen atoms in total. The molecule has 3 aromatic rings. The zero-order valence-electron chi connectivity index (χ0n) is 14.6. The third-order valence-electron chi connectivity index (χ3n) is 3.86. The van der Waals surface area contributed by atoms with Gasteiger partial charge in [0.15, 0.2) is 0 Å². The number of carbonyl (C=O) groups is 1. The lowest BCUT2D eigenvalue weighted by Crippen LogP contribution is -2.29. The molecule has 0 saturated carbocycles. The van der Waals surface area contributed by atoms with Crippen molar-refractivity contribution in [2.24, 2.45) is 0 Å². The van der Waals surface area contributed by atoms with Gasteiger partial charge in [0.25, 0.3) is 5.56 Å². The number of ether oxygens (including phenoxy) is 1. The normalized spacial score (nSPS) is 10.4. The fourth-order valence-electron chi connectivity index (χ4n) is 2.47. The lowest BCUT2D eigenvalue weighted by Gasteiger charge is -2.09. The Bertz CT molecular complexity index is 978. The maximum atomic E-state index is 12.2. The Kier molecular flexibility index (Phi) is 5.12. The fourth-order valence-corrected chi connectivity index (χ4v) is 2.47. The number of hydrogen-bond donors (Lipinski definition) is 1. The van der Waals surface area contributed by atoms with Gasteiger partial charge in [0.1, 0.15) is 12.3 Å². The Morgan fingerprint density at radius 2 is 1.88 bits per heavy atom. The third kappa shape index (κ3) is 4.16. The molecular weight excluding hydrogens is 330 g/mol. The molecule has 1 amide bonds. The van der Waals surface area contributed by atoms with Gasteiger partial charge in [-0.05, 0) is 37.3 Å². The lowest BCUT2D eigenvalue weighted by atomic mass is 10.1. The van der Waals surface area contributed by atoms with Crippen molar-refractivity contribution in [3.8, 4) is 17.0 Å². The van der Waals surface area contributed by atoms with Crippen molar-refractivity contribution >= 4 is 11.6 Å². The SMILES string of the molecule is COc1cccc(-c2ccc(=O)n(CC(=O)Nc3ccc(C)cc3)n2)c1. The molecule has 6 heteroatoms. The Morgan fingerprint density at radius 1 is 1.12 bits per heavy atom. The van der Waals surface area contributed by atoms with E-state index in [0.29, 0.717) is 17.1 Å². The van der Waals surface area contributed by atoms with Gasteiger partial charge >= 0.3 is 0 Å². The highest BCUT2D eigenvalue weighted by atomic mass is 16.5. The van der Waals surface area contributed by atoms with Crippen LogP contribution in [0.1, 0.15) is 5.56 Å². The van der Waals surface area contributed by atoms with Crippen molar-refractivity contribution in [3.63, 3.8) is 0 Å². The number of methoxy groups -OCH3 is 1. The maximum absolute atomic E-state index is 12.2. The fraction of sp³-hybridized carbons (Fsp3) is 0.150. The van der Waals surface area contributed by atoms with Crippen LogP contribution < -0.4 is 15.6 Å². The number of carbonyl (C=O) groups excluding carboxylic acids is 1. The summed E-state index contributed by atoms with van der Waals surface area (Å²) in [7, 11) is 1.59. The summed E-state index contributed by atoms with van der Waals surface area (Å²) in [5, 5.41) is 7.07. The van der Waals surface area contributed by atoms with Crippen molar-refractivity contribution in [3.05, 3.63) is 76.6 Å². The standard InChI is InChI=1S/C20H19N3O3/c1-14-6-8-16(9-7-14)21-19(24)13-23-20(25)11-10-18(22-23)15-4-3-5-17(12-15)26-2/h3-12H,13H2,1-2H3,(H,21,24). The van der Waals surface area contributed by atoms with Gasteiger partial charge in [-0.15, -0.1) is 0 Å². The number of anilines is 1. The van der Waals surface area contributed by atoms with Crippen LogP contribution in [0.25, 0.3) is 11.3 Å². The molecule has 1 aromatic heterocycles. The average molecular weight is 349 g/mol. The number of amides is 1. The van der Waals surface area contributed by atoms with Gasteiger partial charge in [0, 0.05) is 17.3 Å². The van der Waals surface area contributed by atoms with E-state index >= 15 is 0 Å². The summed E-state index contributed by atoms with van der Waals surface area (Å²) in [6.45, 7) is 1.81. The van der Waals surface area contributed by atoms with E-state index in [-0.39, 0.29) is 18.0 Å². The molecule has 0 fully saturated rings. The van der Waals surface area contributed by atoms with Crippen LogP contribution in [0, 0.1) is 6.92 Å². The molecule has 0 unspecified atom stereocenters. The number of rotatable bonds is 5. The van der Waals surface area contributed by atoms with Crippen molar-refractivity contribution in [1.29, 1.82) is 0 Å². The van der Waals surface area contributed by atoms with Crippen molar-refractivity contribution in [2.45, 2.75) is 13.5 Å². The monoisotopic (exact) mass is 349 g/mol. The van der Waals surface area contributed by atoms with E-state index in [0.717, 1.165) is 15.8 Å². The lowest BCUT2D eigenvalue weighted by molar-refractivity contribution is -0.117. The molecule has 26 heavy (non-hydrogen) atoms. The van der Waals surface area contributed by atoms with Crippen molar-refractivity contribution in [1.82, 2.24) is 9.78 Å². The molecular formula is C20H19N3O3. The largest absolute Gasteiger partial charge is 0.497 e. The first kappa shape index (κ1) is 17.4. The molecule has 0 aliphatic heterocycles. The van der Waals surface area contributed by atoms with Gasteiger partial charge < -0.3 is 10.1 Å². The second-order valence-corrected chi connectivity index (χ2v) is 5.86. The molecule has 1 heterocycles. The highest BCUT2D eigenvalue weighted by molar-refractivity contribution is 5.90. The molecule has 0 radical (unpaired) electrons. The molecule has 132 valence electrons. The Labute approximate surface area is 151 Å². The Hall–Kier alpha value is -3.41. The smallest absolute Gasteiger partial charge is 0.267 e. The molecule has 0 aliphatic rings. The number of aromatic nitrogens is 2. The number of hydrogen-bond acceptors (Lipinski definition) is 4. The molecule has 0 atom stereocenters. The second kappa shape index (κ2) is 7.65. The zero-order chi connectivity index (χ0) is 18.5. The summed E-state index contributed by atoms with van der Waals surface area (Å²) in [6.07, 6.45) is 0. The highest BCUT2D eigenvalue weighted by Gasteiger charge is 2.09. The zero-order valence-corrected chi connectivity index (χ0v) is 14.6. The molecule has 1 N–H and O–H groups in total. The summed E-state index contributed by atoms with van der Waals surface area (Å²) in [5.74, 6) is 0.380. The number of aryl methyl sites for hydroxylation is 1. The third-order valence-corrected chi connectivity index (χ3v) is 3.86. The van der Waals surface area contributed by atoms with Crippen LogP contribution in [0.15, 0.2) is 65.5 Å². The van der Waals surface area contributed by atoms with E-state index in [4.69, 9.17) is 4.74 Å². The van der Waals surface area contributed by atoms with Crippen LogP contribution in [0.3, 0.4) is 0 Å². The van der Waals surface area contributed by atoms with Gasteiger partial charge in [-0.3, -0.25) is 9.59 Å². The maximum Gasteiger partial charge on any atom is 0.267 e. The van der Waals surface area contributed by atoms with Crippen LogP contribution >= 0.6 is 0 Å². The van der Waals surface area contributed by atoms with Crippen molar-refractivity contribution in [2.75, 3.05) is 12.4 Å². The quantitative estimate of drug-likeness (QED) is 0.769. The van der Waals surface area contributed by atoms with E-state index < -0.39 is 0 Å². The van der Waals surface area contributed by atoms with Gasteiger partial charge in [-0.1, -0.05) is 29.8 Å². The number of nitrogens with one attached hydrogen (secondary N) is 1. The van der Waals surface area contributed by atoms with E-state index in [1.165, 1.54) is 6.07 Å². The predicted octanol–water partition coefficient (Wildman–Crippen LogP) is 2.87. The number of benzene rings is 2. The molecule has 0 aliphatic carbocycles. The van der Waals surface area contributed by atoms with Crippen LogP contribution in [0.2, 0.25) is 0 Å². The molecule has 0 bridgehead atoms. The van der Waals surface area contributed by atoms with E-state index in [9.17, 15) is 9.59 Å². The van der Waals surface area contributed by atoms with E-state index in [2.05, 4.69) is 10.4 Å². The number of nitrogens with zero attached hydrogens (tertiary/aromatic N) is 2. The van der Waals surface area contributed by atoms with Gasteiger partial charge in [0.05, 0.1) is 12.8 Å². The summed E-state index contributed by atoms with van der Waals surface area (Å²) >= 11 is 0. The van der Waals surface area contributed by atoms with Crippen LogP contribution in [-0.4, -0.2) is 22.8 Å². The van der Waals surface area contributed by atoms with Gasteiger partial charge in [-0.25, -0.2) is 4.68 Å².